The fraction of sp³-hybridized carbons (Fsp3) is 0.261. The first-order chi connectivity index (χ1) is 14.2. The van der Waals surface area contributed by atoms with Crippen LogP contribution in [-0.2, 0) is 0 Å². The number of thiophene rings is 2. The minimum absolute atomic E-state index is 0.622. The van der Waals surface area contributed by atoms with Gasteiger partial charge in [-0.1, -0.05) is 44.2 Å². The molecule has 0 aliphatic rings. The van der Waals surface area contributed by atoms with Gasteiger partial charge in [-0.2, -0.15) is 0 Å². The molecule has 29 heavy (non-hydrogen) atoms. The van der Waals surface area contributed by atoms with Crippen LogP contribution in [0.1, 0.15) is 36.4 Å². The number of hydrogen-bond donors (Lipinski definition) is 0. The summed E-state index contributed by atoms with van der Waals surface area (Å²) in [5.74, 6) is 1.68. The number of aldehydes is 1. The molecule has 6 heteroatoms. The number of carbonyl (C=O) groups excluding carboxylic acids is 1. The Labute approximate surface area is 186 Å². The van der Waals surface area contributed by atoms with Crippen LogP contribution in [0.4, 0.5) is 0 Å². The number of rotatable bonds is 8. The average molecular weight is 489 g/mol. The summed E-state index contributed by atoms with van der Waals surface area (Å²) in [7, 11) is 0. The van der Waals surface area contributed by atoms with Crippen molar-refractivity contribution in [3.63, 3.8) is 0 Å². The van der Waals surface area contributed by atoms with E-state index in [0.717, 1.165) is 65.7 Å². The van der Waals surface area contributed by atoms with Crippen LogP contribution >= 0.6 is 38.6 Å². The highest BCUT2D eigenvalue weighted by Gasteiger charge is 2.25. The highest BCUT2D eigenvalue weighted by Crippen LogP contribution is 2.54. The zero-order chi connectivity index (χ0) is 20.4. The van der Waals surface area contributed by atoms with Crippen LogP contribution in [0.3, 0.4) is 0 Å². The van der Waals surface area contributed by atoms with E-state index in [2.05, 4.69) is 41.9 Å². The molecule has 0 N–H and O–H groups in total. The monoisotopic (exact) mass is 488 g/mol. The van der Waals surface area contributed by atoms with Crippen molar-refractivity contribution in [1.29, 1.82) is 0 Å². The molecule has 3 nitrogen and oxygen atoms in total. The predicted molar refractivity (Wildman–Crippen MR) is 127 cm³/mol. The molecule has 0 saturated heterocycles. The van der Waals surface area contributed by atoms with Gasteiger partial charge >= 0.3 is 0 Å². The molecule has 0 radical (unpaired) electrons. The lowest BCUT2D eigenvalue weighted by Crippen LogP contribution is -1.99. The third kappa shape index (κ3) is 3.69. The van der Waals surface area contributed by atoms with Gasteiger partial charge in [0.05, 0.1) is 32.9 Å². The predicted octanol–water partition coefficient (Wildman–Crippen LogP) is 7.94. The molecule has 4 aromatic rings. The van der Waals surface area contributed by atoms with Crippen LogP contribution in [-0.4, -0.2) is 19.5 Å². The van der Waals surface area contributed by atoms with E-state index in [4.69, 9.17) is 9.47 Å². The van der Waals surface area contributed by atoms with E-state index in [1.807, 2.05) is 24.3 Å². The summed E-state index contributed by atoms with van der Waals surface area (Å²) in [5.41, 5.74) is 1.15. The molecule has 0 atom stereocenters. The quantitative estimate of drug-likeness (QED) is 0.236. The fourth-order valence-electron chi connectivity index (χ4n) is 3.28. The zero-order valence-corrected chi connectivity index (χ0v) is 19.5. The molecule has 0 fully saturated rings. The van der Waals surface area contributed by atoms with Gasteiger partial charge in [-0.25, -0.2) is 0 Å². The van der Waals surface area contributed by atoms with Crippen LogP contribution in [0, 0.1) is 0 Å². The molecule has 0 unspecified atom stereocenters. The Balaban J connectivity index is 2.08. The van der Waals surface area contributed by atoms with Crippen molar-refractivity contribution < 1.29 is 14.3 Å². The molecule has 0 bridgehead atoms. The summed E-state index contributed by atoms with van der Waals surface area (Å²) >= 11 is 7.01. The number of carbonyl (C=O) groups is 1. The van der Waals surface area contributed by atoms with Gasteiger partial charge < -0.3 is 9.47 Å². The van der Waals surface area contributed by atoms with E-state index in [1.54, 1.807) is 11.3 Å². The number of hydrogen-bond acceptors (Lipinski definition) is 5. The van der Waals surface area contributed by atoms with Crippen molar-refractivity contribution in [2.45, 2.75) is 26.7 Å². The molecule has 2 heterocycles. The first-order valence-corrected chi connectivity index (χ1v) is 12.1. The summed E-state index contributed by atoms with van der Waals surface area (Å²) in [6.07, 6.45) is 2.73. The number of halogens is 1. The van der Waals surface area contributed by atoms with Gasteiger partial charge in [-0.05, 0) is 40.4 Å². The largest absolute Gasteiger partial charge is 0.491 e. The van der Waals surface area contributed by atoms with Crippen molar-refractivity contribution >= 4 is 65.1 Å². The summed E-state index contributed by atoms with van der Waals surface area (Å²) in [5, 5.41) is 1.98. The third-order valence-corrected chi connectivity index (χ3v) is 7.89. The van der Waals surface area contributed by atoms with Gasteiger partial charge in [-0.3, -0.25) is 4.79 Å². The molecule has 2 aromatic heterocycles. The Morgan fingerprint density at radius 3 is 2.31 bits per heavy atom. The lowest BCUT2D eigenvalue weighted by Gasteiger charge is -2.13. The summed E-state index contributed by atoms with van der Waals surface area (Å²) < 4.78 is 15.5. The Bertz CT molecular complexity index is 1160. The van der Waals surface area contributed by atoms with Crippen molar-refractivity contribution in [3.8, 4) is 21.9 Å². The molecule has 0 aliphatic heterocycles. The standard InChI is InChI=1S/C23H21BrO3S2/c1-3-10-26-19-16-12-15(13-25)28-22(16)20(27-11-4-2)17-18(24)21(29-23(17)19)14-8-6-5-7-9-14/h5-9,12-13H,3-4,10-11H2,1-2H3. The molecule has 0 amide bonds. The van der Waals surface area contributed by atoms with Crippen molar-refractivity contribution in [3.05, 3.63) is 45.7 Å². The maximum absolute atomic E-state index is 11.5. The number of benzene rings is 2. The van der Waals surface area contributed by atoms with Crippen LogP contribution in [0.5, 0.6) is 11.5 Å². The van der Waals surface area contributed by atoms with Crippen LogP contribution in [0.15, 0.2) is 40.9 Å². The lowest BCUT2D eigenvalue weighted by molar-refractivity contribution is 0.112. The van der Waals surface area contributed by atoms with Crippen molar-refractivity contribution in [2.75, 3.05) is 13.2 Å². The summed E-state index contributed by atoms with van der Waals surface area (Å²) in [6.45, 7) is 5.44. The van der Waals surface area contributed by atoms with Crippen molar-refractivity contribution in [2.24, 2.45) is 0 Å². The Kier molecular flexibility index (Phi) is 6.23. The normalized spacial score (nSPS) is 11.3. The van der Waals surface area contributed by atoms with E-state index in [9.17, 15) is 4.79 Å². The molecule has 150 valence electrons. The average Bonchev–Trinajstić information content (AvgIpc) is 3.33. The van der Waals surface area contributed by atoms with E-state index < -0.39 is 0 Å². The van der Waals surface area contributed by atoms with Gasteiger partial charge in [0.1, 0.15) is 11.5 Å². The highest BCUT2D eigenvalue weighted by atomic mass is 79.9. The molecule has 0 saturated carbocycles. The van der Waals surface area contributed by atoms with Gasteiger partial charge in [0.15, 0.2) is 6.29 Å². The smallest absolute Gasteiger partial charge is 0.160 e. The number of ether oxygens (including phenoxy) is 2. The molecule has 0 aliphatic carbocycles. The Morgan fingerprint density at radius 2 is 1.66 bits per heavy atom. The fourth-order valence-corrected chi connectivity index (χ4v) is 6.44. The Morgan fingerprint density at radius 1 is 0.966 bits per heavy atom. The van der Waals surface area contributed by atoms with Gasteiger partial charge in [0.25, 0.3) is 0 Å². The van der Waals surface area contributed by atoms with Gasteiger partial charge in [0, 0.05) is 14.7 Å². The second-order valence-corrected chi connectivity index (χ2v) is 9.58. The molecular weight excluding hydrogens is 468 g/mol. The molecule has 2 aromatic carbocycles. The Hall–Kier alpha value is -1.89. The second kappa shape index (κ2) is 8.86. The summed E-state index contributed by atoms with van der Waals surface area (Å²) in [6, 6.07) is 12.3. The van der Waals surface area contributed by atoms with E-state index >= 15 is 0 Å². The molecular formula is C23H21BrO3S2. The lowest BCUT2D eigenvalue weighted by atomic mass is 10.1. The second-order valence-electron chi connectivity index (χ2n) is 6.68. The van der Waals surface area contributed by atoms with Gasteiger partial charge in [0.2, 0.25) is 0 Å². The topological polar surface area (TPSA) is 35.5 Å². The van der Waals surface area contributed by atoms with Crippen LogP contribution < -0.4 is 9.47 Å². The SMILES string of the molecule is CCCOc1c2cc(C=O)sc2c(OCCC)c2c(Br)c(-c3ccccc3)sc12. The van der Waals surface area contributed by atoms with E-state index in [1.165, 1.54) is 11.3 Å². The third-order valence-electron chi connectivity index (χ3n) is 4.54. The summed E-state index contributed by atoms with van der Waals surface area (Å²) in [4.78, 5) is 13.3. The van der Waals surface area contributed by atoms with Crippen LogP contribution in [0.2, 0.25) is 0 Å². The zero-order valence-electron chi connectivity index (χ0n) is 16.3. The highest BCUT2D eigenvalue weighted by molar-refractivity contribution is 9.10. The van der Waals surface area contributed by atoms with Crippen molar-refractivity contribution in [1.82, 2.24) is 0 Å². The molecule has 4 rings (SSSR count). The van der Waals surface area contributed by atoms with Gasteiger partial charge in [-0.15, -0.1) is 22.7 Å². The number of fused-ring (bicyclic) bond motifs is 2. The maximum atomic E-state index is 11.5. The maximum Gasteiger partial charge on any atom is 0.160 e. The minimum atomic E-state index is 0.622. The first-order valence-electron chi connectivity index (χ1n) is 9.67. The van der Waals surface area contributed by atoms with E-state index in [-0.39, 0.29) is 0 Å². The first kappa shape index (κ1) is 20.4. The molecule has 0 spiro atoms. The van der Waals surface area contributed by atoms with Crippen LogP contribution in [0.25, 0.3) is 30.6 Å². The minimum Gasteiger partial charge on any atom is -0.491 e. The van der Waals surface area contributed by atoms with E-state index in [0.29, 0.717) is 18.1 Å².